The third-order valence-corrected chi connectivity index (χ3v) is 6.50. The van der Waals surface area contributed by atoms with Crippen molar-refractivity contribution in [1.29, 1.82) is 0 Å². The number of nitrogens with one attached hydrogen (secondary N) is 1. The molecule has 28 heavy (non-hydrogen) atoms. The van der Waals surface area contributed by atoms with E-state index in [1.165, 1.54) is 0 Å². The van der Waals surface area contributed by atoms with Gasteiger partial charge in [0.1, 0.15) is 5.75 Å². The minimum absolute atomic E-state index is 0.00753. The number of carbonyl (C=O) groups is 2. The zero-order valence-electron chi connectivity index (χ0n) is 16.0. The van der Waals surface area contributed by atoms with Crippen LogP contribution in [0.1, 0.15) is 40.7 Å². The molecule has 0 bridgehead atoms. The van der Waals surface area contributed by atoms with Crippen LogP contribution in [-0.2, 0) is 11.3 Å². The van der Waals surface area contributed by atoms with E-state index in [9.17, 15) is 9.59 Å². The second-order valence-electron chi connectivity index (χ2n) is 7.63. The monoisotopic (exact) mass is 442 g/mol. The van der Waals surface area contributed by atoms with Gasteiger partial charge >= 0.3 is 0 Å². The fourth-order valence-electron chi connectivity index (χ4n) is 4.11. The van der Waals surface area contributed by atoms with Gasteiger partial charge in [0.2, 0.25) is 5.91 Å². The third kappa shape index (κ3) is 3.53. The van der Waals surface area contributed by atoms with Crippen molar-refractivity contribution in [2.24, 2.45) is 5.92 Å². The molecule has 0 saturated heterocycles. The van der Waals surface area contributed by atoms with Crippen LogP contribution < -0.4 is 10.1 Å². The number of carbonyl (C=O) groups excluding carboxylic acids is 2. The van der Waals surface area contributed by atoms with E-state index in [2.05, 4.69) is 21.2 Å². The number of anilines is 1. The number of fused-ring (bicyclic) bond motifs is 1. The van der Waals surface area contributed by atoms with Crippen molar-refractivity contribution in [1.82, 2.24) is 4.90 Å². The van der Waals surface area contributed by atoms with Crippen LogP contribution >= 0.6 is 15.9 Å². The molecule has 1 saturated carbocycles. The van der Waals surface area contributed by atoms with E-state index in [1.807, 2.05) is 48.2 Å². The standard InChI is InChI=1S/C22H23BrN2O3/c1-13-6-7-15(11-20(13)28-2)24-21(26)10-14-8-16(9-14)25-12-18-17(22(25)27)4-3-5-19(18)23/h3-7,11,14,16H,8-10,12H2,1-2H3,(H,24,26). The van der Waals surface area contributed by atoms with Crippen LogP contribution in [0, 0.1) is 12.8 Å². The van der Waals surface area contributed by atoms with E-state index in [-0.39, 0.29) is 17.9 Å². The summed E-state index contributed by atoms with van der Waals surface area (Å²) in [7, 11) is 1.62. The van der Waals surface area contributed by atoms with Crippen LogP contribution in [0.5, 0.6) is 5.75 Å². The topological polar surface area (TPSA) is 58.6 Å². The van der Waals surface area contributed by atoms with Crippen LogP contribution in [0.15, 0.2) is 40.9 Å². The lowest BCUT2D eigenvalue weighted by Crippen LogP contribution is -2.45. The van der Waals surface area contributed by atoms with Gasteiger partial charge in [-0.1, -0.05) is 28.1 Å². The third-order valence-electron chi connectivity index (χ3n) is 5.76. The number of rotatable bonds is 5. The predicted molar refractivity (Wildman–Crippen MR) is 112 cm³/mol. The molecule has 1 aliphatic heterocycles. The van der Waals surface area contributed by atoms with Crippen molar-refractivity contribution in [2.45, 2.75) is 38.8 Å². The minimum Gasteiger partial charge on any atom is -0.496 e. The normalized spacial score (nSPS) is 20.5. The maximum atomic E-state index is 12.7. The lowest BCUT2D eigenvalue weighted by Gasteiger charge is -2.41. The van der Waals surface area contributed by atoms with E-state index < -0.39 is 0 Å². The summed E-state index contributed by atoms with van der Waals surface area (Å²) >= 11 is 3.54. The molecular formula is C22H23BrN2O3. The molecule has 0 spiro atoms. The summed E-state index contributed by atoms with van der Waals surface area (Å²) in [5, 5.41) is 2.95. The Kier molecular flexibility index (Phi) is 5.15. The van der Waals surface area contributed by atoms with Gasteiger partial charge in [-0.15, -0.1) is 0 Å². The summed E-state index contributed by atoms with van der Waals surface area (Å²) in [5.74, 6) is 1.20. The molecule has 1 aliphatic carbocycles. The van der Waals surface area contributed by atoms with E-state index in [0.717, 1.165) is 45.4 Å². The first-order chi connectivity index (χ1) is 13.5. The lowest BCUT2D eigenvalue weighted by molar-refractivity contribution is -0.118. The average Bonchev–Trinajstić information content (AvgIpc) is 2.97. The second kappa shape index (κ2) is 7.59. The van der Waals surface area contributed by atoms with Crippen molar-refractivity contribution in [3.05, 3.63) is 57.6 Å². The van der Waals surface area contributed by atoms with Gasteiger partial charge in [-0.25, -0.2) is 0 Å². The molecule has 5 nitrogen and oxygen atoms in total. The molecule has 2 amide bonds. The number of benzene rings is 2. The second-order valence-corrected chi connectivity index (χ2v) is 8.48. The Bertz CT molecular complexity index is 937. The Balaban J connectivity index is 1.30. The smallest absolute Gasteiger partial charge is 0.254 e. The molecule has 0 atom stereocenters. The van der Waals surface area contributed by atoms with Gasteiger partial charge < -0.3 is 15.0 Å². The summed E-state index contributed by atoms with van der Waals surface area (Å²) in [6.07, 6.45) is 2.23. The highest BCUT2D eigenvalue weighted by Crippen LogP contribution is 2.40. The van der Waals surface area contributed by atoms with E-state index in [4.69, 9.17) is 4.74 Å². The molecule has 6 heteroatoms. The van der Waals surface area contributed by atoms with Crippen LogP contribution in [0.25, 0.3) is 0 Å². The van der Waals surface area contributed by atoms with Crippen molar-refractivity contribution < 1.29 is 14.3 Å². The number of hydrogen-bond donors (Lipinski definition) is 1. The van der Waals surface area contributed by atoms with Crippen LogP contribution in [-0.4, -0.2) is 29.9 Å². The lowest BCUT2D eigenvalue weighted by atomic mass is 9.77. The van der Waals surface area contributed by atoms with Gasteiger partial charge in [0.05, 0.1) is 7.11 Å². The predicted octanol–water partition coefficient (Wildman–Crippen LogP) is 4.53. The van der Waals surface area contributed by atoms with Crippen LogP contribution in [0.4, 0.5) is 5.69 Å². The summed E-state index contributed by atoms with van der Waals surface area (Å²) in [5.41, 5.74) is 3.65. The zero-order chi connectivity index (χ0) is 19.8. The Morgan fingerprint density at radius 3 is 2.79 bits per heavy atom. The summed E-state index contributed by atoms with van der Waals surface area (Å²) in [6, 6.07) is 11.7. The first-order valence-corrected chi connectivity index (χ1v) is 10.3. The van der Waals surface area contributed by atoms with E-state index in [0.29, 0.717) is 18.9 Å². The number of halogens is 1. The maximum Gasteiger partial charge on any atom is 0.254 e. The Morgan fingerprint density at radius 1 is 1.29 bits per heavy atom. The molecule has 1 heterocycles. The molecule has 4 rings (SSSR count). The molecule has 0 aromatic heterocycles. The van der Waals surface area contributed by atoms with Gasteiger partial charge in [0.15, 0.2) is 0 Å². The summed E-state index contributed by atoms with van der Waals surface area (Å²) < 4.78 is 6.30. The highest BCUT2D eigenvalue weighted by molar-refractivity contribution is 9.10. The molecule has 2 aromatic carbocycles. The number of ether oxygens (including phenoxy) is 1. The molecular weight excluding hydrogens is 420 g/mol. The van der Waals surface area contributed by atoms with Crippen molar-refractivity contribution in [3.63, 3.8) is 0 Å². The molecule has 2 aromatic rings. The first-order valence-electron chi connectivity index (χ1n) is 9.49. The number of aryl methyl sites for hydroxylation is 1. The van der Waals surface area contributed by atoms with Gasteiger partial charge in [0.25, 0.3) is 5.91 Å². The molecule has 1 N–H and O–H groups in total. The Labute approximate surface area is 173 Å². The number of nitrogens with zero attached hydrogens (tertiary/aromatic N) is 1. The van der Waals surface area contributed by atoms with Gasteiger partial charge in [-0.05, 0) is 55.0 Å². The number of methoxy groups -OCH3 is 1. The van der Waals surface area contributed by atoms with Gasteiger partial charge in [-0.3, -0.25) is 9.59 Å². The summed E-state index contributed by atoms with van der Waals surface area (Å²) in [4.78, 5) is 27.0. The maximum absolute atomic E-state index is 12.7. The molecule has 0 radical (unpaired) electrons. The van der Waals surface area contributed by atoms with E-state index >= 15 is 0 Å². The minimum atomic E-state index is 0.00753. The zero-order valence-corrected chi connectivity index (χ0v) is 17.6. The van der Waals surface area contributed by atoms with Gasteiger partial charge in [0, 0.05) is 40.8 Å². The fraction of sp³-hybridized carbons (Fsp3) is 0.364. The first kappa shape index (κ1) is 19.0. The van der Waals surface area contributed by atoms with Gasteiger partial charge in [-0.2, -0.15) is 0 Å². The molecule has 146 valence electrons. The Hall–Kier alpha value is -2.34. The van der Waals surface area contributed by atoms with Crippen molar-refractivity contribution >= 4 is 33.4 Å². The quantitative estimate of drug-likeness (QED) is 0.739. The largest absolute Gasteiger partial charge is 0.496 e. The van der Waals surface area contributed by atoms with Crippen molar-refractivity contribution in [2.75, 3.05) is 12.4 Å². The molecule has 1 fully saturated rings. The number of amides is 2. The molecule has 0 unspecified atom stereocenters. The van der Waals surface area contributed by atoms with Crippen molar-refractivity contribution in [3.8, 4) is 5.75 Å². The van der Waals surface area contributed by atoms with Crippen LogP contribution in [0.2, 0.25) is 0 Å². The molecule has 2 aliphatic rings. The average molecular weight is 443 g/mol. The highest BCUT2D eigenvalue weighted by Gasteiger charge is 2.41. The highest BCUT2D eigenvalue weighted by atomic mass is 79.9. The van der Waals surface area contributed by atoms with E-state index in [1.54, 1.807) is 7.11 Å². The summed E-state index contributed by atoms with van der Waals surface area (Å²) in [6.45, 7) is 2.62. The van der Waals surface area contributed by atoms with Crippen LogP contribution in [0.3, 0.4) is 0 Å². The SMILES string of the molecule is COc1cc(NC(=O)CC2CC(N3Cc4c(Br)cccc4C3=O)C2)ccc1C. The Morgan fingerprint density at radius 2 is 2.07 bits per heavy atom. The fourth-order valence-corrected chi connectivity index (χ4v) is 4.60. The number of hydrogen-bond acceptors (Lipinski definition) is 3.